The lowest BCUT2D eigenvalue weighted by atomic mass is 9.53. The molecule has 0 aromatic heterocycles. The van der Waals surface area contributed by atoms with Gasteiger partial charge in [-0.15, -0.1) is 23.5 Å². The summed E-state index contributed by atoms with van der Waals surface area (Å²) < 4.78 is 1.01. The van der Waals surface area contributed by atoms with Crippen LogP contribution < -0.4 is 0 Å². The molecule has 0 bridgehead atoms. The molecule has 0 spiro atoms. The lowest BCUT2D eigenvalue weighted by Gasteiger charge is -2.51. The molecular weight excluding hydrogens is 476 g/mol. The first kappa shape index (κ1) is 31.6. The fourth-order valence-corrected chi connectivity index (χ4v) is 6.77. The number of thioether (sulfide) groups is 2. The fourth-order valence-electron chi connectivity index (χ4n) is 4.89. The zero-order valence-electron chi connectivity index (χ0n) is 23.3. The highest BCUT2D eigenvalue weighted by atomic mass is 32.2. The van der Waals surface area contributed by atoms with E-state index in [-0.39, 0.29) is 16.1 Å². The maximum atomic E-state index is 12.5. The number of benzene rings is 1. The number of hydrogen-bond acceptors (Lipinski definition) is 4. The molecule has 0 aliphatic heterocycles. The minimum atomic E-state index is -0.965. The highest BCUT2D eigenvalue weighted by Gasteiger charge is 2.51. The second-order valence-corrected chi connectivity index (χ2v) is 15.1. The first-order valence-corrected chi connectivity index (χ1v) is 14.3. The predicted molar refractivity (Wildman–Crippen MR) is 152 cm³/mol. The van der Waals surface area contributed by atoms with Crippen molar-refractivity contribution in [3.8, 4) is 0 Å². The average molecular weight is 523 g/mol. The van der Waals surface area contributed by atoms with E-state index in [0.717, 1.165) is 10.7 Å². The van der Waals surface area contributed by atoms with Gasteiger partial charge in [0, 0.05) is 8.98 Å². The molecule has 4 nitrogen and oxygen atoms in total. The van der Waals surface area contributed by atoms with Gasteiger partial charge >= 0.3 is 11.9 Å². The third-order valence-electron chi connectivity index (χ3n) is 8.53. The second kappa shape index (κ2) is 11.8. The minimum Gasteiger partial charge on any atom is -0.481 e. The summed E-state index contributed by atoms with van der Waals surface area (Å²) in [4.78, 5) is 24.3. The van der Waals surface area contributed by atoms with Gasteiger partial charge in [-0.1, -0.05) is 99.2 Å². The summed E-state index contributed by atoms with van der Waals surface area (Å²) in [5.41, 5.74) is -0.357. The molecule has 3 unspecified atom stereocenters. The van der Waals surface area contributed by atoms with Crippen molar-refractivity contribution in [2.75, 3.05) is 6.26 Å². The molecule has 1 aromatic carbocycles. The number of carbonyl (C=O) groups is 2. The van der Waals surface area contributed by atoms with Crippen LogP contribution in [0.5, 0.6) is 0 Å². The molecule has 1 aromatic rings. The molecule has 3 atom stereocenters. The molecule has 2 N–H and O–H groups in total. The first-order valence-electron chi connectivity index (χ1n) is 12.2. The second-order valence-electron chi connectivity index (χ2n) is 12.2. The monoisotopic (exact) mass is 522 g/mol. The van der Waals surface area contributed by atoms with Crippen molar-refractivity contribution in [1.82, 2.24) is 0 Å². The van der Waals surface area contributed by atoms with E-state index >= 15 is 0 Å². The van der Waals surface area contributed by atoms with Crippen molar-refractivity contribution in [1.29, 1.82) is 0 Å². The number of carboxylic acid groups (broad SMARTS) is 2. The van der Waals surface area contributed by atoms with Crippen molar-refractivity contribution >= 4 is 35.5 Å². The number of carboxylic acids is 2. The Kier molecular flexibility index (Phi) is 10.6. The third-order valence-corrected chi connectivity index (χ3v) is 10.7. The van der Waals surface area contributed by atoms with Crippen LogP contribution in [0.4, 0.5) is 0 Å². The number of aliphatic carboxylic acids is 2. The lowest BCUT2D eigenvalue weighted by molar-refractivity contribution is -0.156. The Hall–Kier alpha value is -1.40. The molecule has 0 heterocycles. The van der Waals surface area contributed by atoms with Crippen molar-refractivity contribution in [2.24, 2.45) is 28.1 Å². The van der Waals surface area contributed by atoms with Crippen LogP contribution in [0.15, 0.2) is 41.1 Å². The molecule has 6 heteroatoms. The molecule has 35 heavy (non-hydrogen) atoms. The van der Waals surface area contributed by atoms with Crippen LogP contribution >= 0.6 is 23.5 Å². The zero-order valence-corrected chi connectivity index (χ0v) is 24.9. The summed E-state index contributed by atoms with van der Waals surface area (Å²) in [7, 11) is 0. The quantitative estimate of drug-likeness (QED) is 0.255. The van der Waals surface area contributed by atoms with Crippen LogP contribution in [0.2, 0.25) is 0 Å². The molecule has 0 saturated carbocycles. The Morgan fingerprint density at radius 3 is 1.86 bits per heavy atom. The van der Waals surface area contributed by atoms with E-state index < -0.39 is 34.6 Å². The molecule has 1 rings (SSSR count). The normalized spacial score (nSPS) is 15.8. The van der Waals surface area contributed by atoms with Crippen LogP contribution in [-0.4, -0.2) is 33.2 Å². The SMILES string of the molecule is C=C(SC)SC(C)(C)CC(c1ccccc1)C(C)(C)C(C)(C)CC(C(=O)O)C(C)(C)C(C)C(=O)O. The van der Waals surface area contributed by atoms with E-state index in [1.807, 2.05) is 12.3 Å². The summed E-state index contributed by atoms with van der Waals surface area (Å²) in [6.45, 7) is 22.6. The summed E-state index contributed by atoms with van der Waals surface area (Å²) in [5, 5.41) is 19.9. The minimum absolute atomic E-state index is 0.0722. The van der Waals surface area contributed by atoms with Gasteiger partial charge in [0.25, 0.3) is 0 Å². The molecule has 0 radical (unpaired) electrons. The Bertz CT molecular complexity index is 887. The van der Waals surface area contributed by atoms with Gasteiger partial charge in [-0.2, -0.15) is 0 Å². The van der Waals surface area contributed by atoms with Gasteiger partial charge in [0.2, 0.25) is 0 Å². The topological polar surface area (TPSA) is 74.6 Å². The van der Waals surface area contributed by atoms with Crippen LogP contribution in [0.3, 0.4) is 0 Å². The highest BCUT2D eigenvalue weighted by molar-refractivity contribution is 8.22. The zero-order chi connectivity index (χ0) is 27.4. The van der Waals surface area contributed by atoms with E-state index in [4.69, 9.17) is 0 Å². The van der Waals surface area contributed by atoms with Gasteiger partial charge in [0.15, 0.2) is 0 Å². The van der Waals surface area contributed by atoms with E-state index in [1.165, 1.54) is 5.56 Å². The number of rotatable bonds is 14. The van der Waals surface area contributed by atoms with Crippen molar-refractivity contribution in [3.05, 3.63) is 46.7 Å². The molecule has 0 aliphatic rings. The van der Waals surface area contributed by atoms with Gasteiger partial charge < -0.3 is 10.2 Å². The van der Waals surface area contributed by atoms with E-state index in [9.17, 15) is 19.8 Å². The Morgan fingerprint density at radius 2 is 1.43 bits per heavy atom. The maximum absolute atomic E-state index is 12.5. The molecule has 0 amide bonds. The third kappa shape index (κ3) is 7.79. The van der Waals surface area contributed by atoms with Gasteiger partial charge in [-0.25, -0.2) is 0 Å². The summed E-state index contributed by atoms with van der Waals surface area (Å²) in [6, 6.07) is 10.5. The van der Waals surface area contributed by atoms with Crippen LogP contribution in [0, 0.1) is 28.1 Å². The van der Waals surface area contributed by atoms with Crippen molar-refractivity contribution in [2.45, 2.75) is 85.8 Å². The fraction of sp³-hybridized carbons (Fsp3) is 0.655. The van der Waals surface area contributed by atoms with E-state index in [0.29, 0.717) is 6.42 Å². The standard InChI is InChI=1S/C29H46O4S2/c1-19(24(30)31)28(7,8)23(25(32)33)17-26(3,4)29(9,10)22(21-15-13-12-14-16-21)18-27(5,6)35-20(2)34-11/h12-16,19,22-23H,2,17-18H2,1,3-11H3,(H,30,31)(H,32,33). The summed E-state index contributed by atoms with van der Waals surface area (Å²) in [6.07, 6.45) is 3.32. The summed E-state index contributed by atoms with van der Waals surface area (Å²) in [5.74, 6) is -3.31. The van der Waals surface area contributed by atoms with Crippen LogP contribution in [0.25, 0.3) is 0 Å². The Morgan fingerprint density at radius 1 is 0.914 bits per heavy atom. The molecular formula is C29H46O4S2. The van der Waals surface area contributed by atoms with Crippen molar-refractivity contribution < 1.29 is 19.8 Å². The molecule has 0 aliphatic carbocycles. The van der Waals surface area contributed by atoms with Crippen LogP contribution in [-0.2, 0) is 9.59 Å². The van der Waals surface area contributed by atoms with Gasteiger partial charge in [0.05, 0.1) is 11.8 Å². The largest absolute Gasteiger partial charge is 0.481 e. The smallest absolute Gasteiger partial charge is 0.307 e. The van der Waals surface area contributed by atoms with Gasteiger partial charge in [0.1, 0.15) is 0 Å². The molecule has 198 valence electrons. The van der Waals surface area contributed by atoms with Crippen LogP contribution in [0.1, 0.15) is 86.6 Å². The molecule has 0 fully saturated rings. The van der Waals surface area contributed by atoms with Gasteiger partial charge in [-0.05, 0) is 46.8 Å². The lowest BCUT2D eigenvalue weighted by Crippen LogP contribution is -2.46. The average Bonchev–Trinajstić information content (AvgIpc) is 2.74. The van der Waals surface area contributed by atoms with E-state index in [2.05, 4.69) is 72.4 Å². The highest BCUT2D eigenvalue weighted by Crippen LogP contribution is 2.57. The van der Waals surface area contributed by atoms with E-state index in [1.54, 1.807) is 44.3 Å². The molecule has 0 saturated heterocycles. The Labute approximate surface area is 221 Å². The summed E-state index contributed by atoms with van der Waals surface area (Å²) >= 11 is 3.45. The van der Waals surface area contributed by atoms with Crippen molar-refractivity contribution in [3.63, 3.8) is 0 Å². The number of hydrogen-bond donors (Lipinski definition) is 2. The van der Waals surface area contributed by atoms with Gasteiger partial charge in [-0.3, -0.25) is 9.59 Å². The predicted octanol–water partition coefficient (Wildman–Crippen LogP) is 8.40. The maximum Gasteiger partial charge on any atom is 0.307 e. The Balaban J connectivity index is 3.50. The first-order chi connectivity index (χ1) is 15.8.